The number of rotatable bonds is 4. The topological polar surface area (TPSA) is 43.6 Å². The van der Waals surface area contributed by atoms with Crippen molar-refractivity contribution in [2.75, 3.05) is 0 Å². The van der Waals surface area contributed by atoms with E-state index < -0.39 is 0 Å². The maximum absolute atomic E-state index is 5.00. The summed E-state index contributed by atoms with van der Waals surface area (Å²) in [5.41, 5.74) is 12.9. The van der Waals surface area contributed by atoms with Gasteiger partial charge in [-0.1, -0.05) is 109 Å². The van der Waals surface area contributed by atoms with Gasteiger partial charge in [-0.05, 0) is 114 Å². The molecule has 254 valence electrons. The summed E-state index contributed by atoms with van der Waals surface area (Å²) in [6, 6.07) is 52.7. The van der Waals surface area contributed by atoms with Crippen LogP contribution in [0.3, 0.4) is 0 Å². The zero-order valence-electron chi connectivity index (χ0n) is 29.5. The van der Waals surface area contributed by atoms with Crippen LogP contribution in [0.4, 0.5) is 0 Å². The molecule has 4 bridgehead atoms. The highest BCUT2D eigenvalue weighted by Gasteiger charge is 2.61. The molecule has 2 aromatic heterocycles. The lowest BCUT2D eigenvalue weighted by molar-refractivity contribution is -0.0399. The van der Waals surface area contributed by atoms with E-state index in [1.807, 2.05) is 36.4 Å². The first-order valence-electron chi connectivity index (χ1n) is 19.4. The summed E-state index contributed by atoms with van der Waals surface area (Å²) in [4.78, 5) is 14.9. The van der Waals surface area contributed by atoms with Crippen molar-refractivity contribution in [2.45, 2.75) is 37.5 Å². The van der Waals surface area contributed by atoms with Gasteiger partial charge < -0.3 is 4.57 Å². The SMILES string of the molecule is c1ccc(-c2nc(-c3ccccc3)nc(-c3ccc(-n4c5ccccc5c5c6c(ccc54)C4(c5ccccc5-6)C5CC6CC(C5)CC4C6)cc3)n2)cc1. The second-order valence-electron chi connectivity index (χ2n) is 16.0. The van der Waals surface area contributed by atoms with Gasteiger partial charge in [-0.15, -0.1) is 0 Å². The van der Waals surface area contributed by atoms with Gasteiger partial charge in [0.1, 0.15) is 0 Å². The van der Waals surface area contributed by atoms with Gasteiger partial charge in [-0.25, -0.2) is 15.0 Å². The number of para-hydroxylation sites is 1. The van der Waals surface area contributed by atoms with E-state index in [-0.39, 0.29) is 5.41 Å². The zero-order chi connectivity index (χ0) is 34.7. The summed E-state index contributed by atoms with van der Waals surface area (Å²) in [7, 11) is 0. The van der Waals surface area contributed by atoms with Crippen molar-refractivity contribution in [3.63, 3.8) is 0 Å². The molecule has 0 N–H and O–H groups in total. The van der Waals surface area contributed by atoms with E-state index in [1.165, 1.54) is 65.0 Å². The van der Waals surface area contributed by atoms with Crippen molar-refractivity contribution in [1.29, 1.82) is 0 Å². The molecular formula is C49H38N4. The van der Waals surface area contributed by atoms with Crippen LogP contribution in [0.1, 0.15) is 43.2 Å². The minimum Gasteiger partial charge on any atom is -0.309 e. The van der Waals surface area contributed by atoms with Gasteiger partial charge in [0.05, 0.1) is 11.0 Å². The molecule has 4 nitrogen and oxygen atoms in total. The van der Waals surface area contributed by atoms with Gasteiger partial charge in [0.15, 0.2) is 17.5 Å². The van der Waals surface area contributed by atoms with Gasteiger partial charge in [-0.2, -0.15) is 0 Å². The average Bonchev–Trinajstić information content (AvgIpc) is 3.71. The molecule has 13 rings (SSSR count). The standard InChI is InChI=1S/C49H38N4/c1-3-11-32(12-4-1)46-50-47(33-13-5-2-6-14-33)52-48(51-46)34-19-21-37(22-20-34)53-42-18-10-8-16-39(42)45-43(53)24-23-41-44(45)38-15-7-9-17-40(38)49(41)35-26-30-25-31(28-35)29-36(49)27-30/h1-24,30-31,35-36H,25-29H2. The smallest absolute Gasteiger partial charge is 0.164 e. The Balaban J connectivity index is 1.03. The molecule has 5 aliphatic carbocycles. The molecule has 0 radical (unpaired) electrons. The van der Waals surface area contributed by atoms with Gasteiger partial charge in [0.2, 0.25) is 0 Å². The van der Waals surface area contributed by atoms with E-state index in [0.29, 0.717) is 17.5 Å². The highest BCUT2D eigenvalue weighted by Crippen LogP contribution is 2.70. The van der Waals surface area contributed by atoms with Crippen LogP contribution in [0, 0.1) is 23.7 Å². The predicted molar refractivity (Wildman–Crippen MR) is 214 cm³/mol. The Labute approximate surface area is 309 Å². The van der Waals surface area contributed by atoms with Crippen LogP contribution in [0.5, 0.6) is 0 Å². The normalized spacial score (nSPS) is 23.5. The fraction of sp³-hybridized carbons (Fsp3) is 0.204. The Bertz CT molecular complexity index is 2640. The quantitative estimate of drug-likeness (QED) is 0.186. The van der Waals surface area contributed by atoms with E-state index in [4.69, 9.17) is 15.0 Å². The lowest BCUT2D eigenvalue weighted by atomic mass is 9.43. The van der Waals surface area contributed by atoms with Gasteiger partial charge in [0.25, 0.3) is 0 Å². The van der Waals surface area contributed by atoms with Gasteiger partial charge in [0, 0.05) is 38.6 Å². The molecule has 5 aliphatic rings. The predicted octanol–water partition coefficient (Wildman–Crippen LogP) is 11.7. The monoisotopic (exact) mass is 682 g/mol. The van der Waals surface area contributed by atoms with E-state index in [0.717, 1.165) is 46.0 Å². The minimum atomic E-state index is 0.153. The number of hydrogen-bond donors (Lipinski definition) is 0. The molecule has 2 heterocycles. The van der Waals surface area contributed by atoms with E-state index in [1.54, 1.807) is 11.1 Å². The zero-order valence-corrected chi connectivity index (χ0v) is 29.5. The first-order valence-corrected chi connectivity index (χ1v) is 19.4. The molecule has 8 aromatic rings. The first kappa shape index (κ1) is 29.7. The number of nitrogens with zero attached hydrogens (tertiary/aromatic N) is 4. The Morgan fingerprint density at radius 1 is 0.453 bits per heavy atom. The Kier molecular flexibility index (Phi) is 6.20. The molecule has 4 heteroatoms. The molecular weight excluding hydrogens is 645 g/mol. The van der Waals surface area contributed by atoms with Crippen LogP contribution in [0.2, 0.25) is 0 Å². The largest absolute Gasteiger partial charge is 0.309 e. The summed E-state index contributed by atoms with van der Waals surface area (Å²) >= 11 is 0. The van der Waals surface area contributed by atoms with Crippen LogP contribution in [-0.4, -0.2) is 19.5 Å². The maximum atomic E-state index is 5.00. The second-order valence-corrected chi connectivity index (χ2v) is 16.0. The second kappa shape index (κ2) is 11.1. The molecule has 6 aromatic carbocycles. The lowest BCUT2D eigenvalue weighted by Crippen LogP contribution is -2.55. The molecule has 0 amide bonds. The van der Waals surface area contributed by atoms with Gasteiger partial charge >= 0.3 is 0 Å². The van der Waals surface area contributed by atoms with E-state index in [2.05, 4.69) is 114 Å². The highest BCUT2D eigenvalue weighted by molar-refractivity contribution is 6.18. The van der Waals surface area contributed by atoms with Crippen molar-refractivity contribution in [3.05, 3.63) is 157 Å². The fourth-order valence-corrected chi connectivity index (χ4v) is 11.7. The molecule has 4 fully saturated rings. The molecule has 0 atom stereocenters. The number of aromatic nitrogens is 4. The third kappa shape index (κ3) is 4.15. The van der Waals surface area contributed by atoms with Crippen molar-refractivity contribution in [3.8, 4) is 51.0 Å². The summed E-state index contributed by atoms with van der Waals surface area (Å²) in [6.07, 6.45) is 7.06. The molecule has 0 unspecified atom stereocenters. The van der Waals surface area contributed by atoms with Crippen LogP contribution in [-0.2, 0) is 5.41 Å². The summed E-state index contributed by atoms with van der Waals surface area (Å²) < 4.78 is 2.47. The average molecular weight is 683 g/mol. The van der Waals surface area contributed by atoms with Crippen molar-refractivity contribution < 1.29 is 0 Å². The van der Waals surface area contributed by atoms with Crippen LogP contribution in [0.25, 0.3) is 72.8 Å². The number of hydrogen-bond acceptors (Lipinski definition) is 3. The van der Waals surface area contributed by atoms with Crippen LogP contribution < -0.4 is 0 Å². The Morgan fingerprint density at radius 2 is 1.00 bits per heavy atom. The Hall–Kier alpha value is -5.87. The third-order valence-corrected chi connectivity index (χ3v) is 13.4. The van der Waals surface area contributed by atoms with Crippen molar-refractivity contribution >= 4 is 21.8 Å². The van der Waals surface area contributed by atoms with Crippen molar-refractivity contribution in [2.24, 2.45) is 23.7 Å². The molecule has 4 saturated carbocycles. The highest BCUT2D eigenvalue weighted by atomic mass is 15.0. The molecule has 0 aliphatic heterocycles. The van der Waals surface area contributed by atoms with Gasteiger partial charge in [-0.3, -0.25) is 0 Å². The maximum Gasteiger partial charge on any atom is 0.164 e. The lowest BCUT2D eigenvalue weighted by Gasteiger charge is -2.61. The van der Waals surface area contributed by atoms with Crippen LogP contribution >= 0.6 is 0 Å². The third-order valence-electron chi connectivity index (χ3n) is 13.4. The molecule has 1 spiro atoms. The molecule has 53 heavy (non-hydrogen) atoms. The summed E-state index contributed by atoms with van der Waals surface area (Å²) in [5.74, 6) is 5.38. The van der Waals surface area contributed by atoms with Crippen molar-refractivity contribution in [1.82, 2.24) is 19.5 Å². The summed E-state index contributed by atoms with van der Waals surface area (Å²) in [5, 5.41) is 2.73. The molecule has 0 saturated heterocycles. The first-order chi connectivity index (χ1) is 26.2. The Morgan fingerprint density at radius 3 is 1.64 bits per heavy atom. The van der Waals surface area contributed by atoms with E-state index >= 15 is 0 Å². The number of fused-ring (bicyclic) bond motifs is 7. The number of benzene rings is 6. The van der Waals surface area contributed by atoms with Crippen LogP contribution in [0.15, 0.2) is 146 Å². The fourth-order valence-electron chi connectivity index (χ4n) is 11.7. The van der Waals surface area contributed by atoms with E-state index in [9.17, 15) is 0 Å². The minimum absolute atomic E-state index is 0.153. The summed E-state index contributed by atoms with van der Waals surface area (Å²) in [6.45, 7) is 0.